The first-order chi connectivity index (χ1) is 12.1. The van der Waals surface area contributed by atoms with Crippen molar-refractivity contribution >= 4 is 17.7 Å². The molecule has 0 atom stereocenters. The van der Waals surface area contributed by atoms with Crippen molar-refractivity contribution in [2.75, 3.05) is 5.75 Å². The molecule has 25 heavy (non-hydrogen) atoms. The highest BCUT2D eigenvalue weighted by Crippen LogP contribution is 2.21. The van der Waals surface area contributed by atoms with E-state index in [0.717, 1.165) is 17.0 Å². The number of carbonyl (C=O) groups is 1. The quantitative estimate of drug-likeness (QED) is 0.690. The summed E-state index contributed by atoms with van der Waals surface area (Å²) in [5, 5.41) is 12.0. The molecule has 3 aromatic rings. The number of carbonyl (C=O) groups excluding carboxylic acids is 1. The third-order valence-electron chi connectivity index (χ3n) is 3.84. The Labute approximate surface area is 150 Å². The summed E-state index contributed by atoms with van der Waals surface area (Å²) >= 11 is 1.37. The van der Waals surface area contributed by atoms with E-state index in [1.54, 1.807) is 12.4 Å². The zero-order chi connectivity index (χ0) is 17.6. The molecule has 0 radical (unpaired) electrons. The van der Waals surface area contributed by atoms with Gasteiger partial charge in [-0.15, -0.1) is 10.2 Å². The highest BCUT2D eigenvalue weighted by molar-refractivity contribution is 7.99. The number of rotatable bonds is 6. The maximum absolute atomic E-state index is 12.1. The number of aromatic nitrogens is 4. The van der Waals surface area contributed by atoms with Crippen LogP contribution >= 0.6 is 11.8 Å². The summed E-state index contributed by atoms with van der Waals surface area (Å²) < 4.78 is 1.88. The van der Waals surface area contributed by atoms with Crippen LogP contribution in [0.1, 0.15) is 11.1 Å². The maximum Gasteiger partial charge on any atom is 0.230 e. The van der Waals surface area contributed by atoms with Gasteiger partial charge >= 0.3 is 0 Å². The monoisotopic (exact) mass is 353 g/mol. The first-order valence-corrected chi connectivity index (χ1v) is 8.87. The minimum atomic E-state index is -0.0262. The molecule has 1 N–H and O–H groups in total. The largest absolute Gasteiger partial charge is 0.351 e. The Kier molecular flexibility index (Phi) is 5.45. The van der Waals surface area contributed by atoms with Crippen molar-refractivity contribution in [2.45, 2.75) is 18.6 Å². The van der Waals surface area contributed by atoms with Crippen LogP contribution in [-0.2, 0) is 18.4 Å². The zero-order valence-electron chi connectivity index (χ0n) is 14.1. The standard InChI is InChI=1S/C18H19N5OS/c1-13-5-3-4-6-15(13)11-20-16(24)12-25-18-22-21-17(23(18)2)14-7-9-19-10-8-14/h3-10H,11-12H2,1-2H3,(H,20,24). The molecular formula is C18H19N5OS. The highest BCUT2D eigenvalue weighted by atomic mass is 32.2. The SMILES string of the molecule is Cc1ccccc1CNC(=O)CSc1nnc(-c2ccncc2)n1C. The third-order valence-corrected chi connectivity index (χ3v) is 4.86. The molecule has 0 spiro atoms. The van der Waals surface area contributed by atoms with E-state index in [0.29, 0.717) is 17.5 Å². The molecule has 0 saturated carbocycles. The van der Waals surface area contributed by atoms with Gasteiger partial charge < -0.3 is 9.88 Å². The molecule has 0 saturated heterocycles. The van der Waals surface area contributed by atoms with Gasteiger partial charge in [0, 0.05) is 31.5 Å². The lowest BCUT2D eigenvalue weighted by Crippen LogP contribution is -2.25. The lowest BCUT2D eigenvalue weighted by Gasteiger charge is -2.08. The predicted octanol–water partition coefficient (Wildman–Crippen LogP) is 2.59. The Morgan fingerprint density at radius 2 is 1.92 bits per heavy atom. The summed E-state index contributed by atoms with van der Waals surface area (Å²) in [4.78, 5) is 16.1. The Morgan fingerprint density at radius 1 is 1.16 bits per heavy atom. The molecule has 6 nitrogen and oxygen atoms in total. The molecule has 0 bridgehead atoms. The lowest BCUT2D eigenvalue weighted by molar-refractivity contribution is -0.118. The number of nitrogens with one attached hydrogen (secondary N) is 1. The minimum Gasteiger partial charge on any atom is -0.351 e. The van der Waals surface area contributed by atoms with E-state index in [1.807, 2.05) is 54.9 Å². The van der Waals surface area contributed by atoms with Gasteiger partial charge in [-0.1, -0.05) is 36.0 Å². The van der Waals surface area contributed by atoms with Gasteiger partial charge in [-0.05, 0) is 30.2 Å². The van der Waals surface area contributed by atoms with E-state index in [4.69, 9.17) is 0 Å². The number of hydrogen-bond donors (Lipinski definition) is 1. The molecule has 1 aromatic carbocycles. The first kappa shape index (κ1) is 17.2. The van der Waals surface area contributed by atoms with Crippen molar-refractivity contribution in [3.05, 3.63) is 59.9 Å². The fourth-order valence-electron chi connectivity index (χ4n) is 2.38. The van der Waals surface area contributed by atoms with Crippen molar-refractivity contribution in [3.63, 3.8) is 0 Å². The number of benzene rings is 1. The van der Waals surface area contributed by atoms with E-state index in [9.17, 15) is 4.79 Å². The van der Waals surface area contributed by atoms with Gasteiger partial charge in [-0.2, -0.15) is 0 Å². The summed E-state index contributed by atoms with van der Waals surface area (Å²) in [6.45, 7) is 2.57. The lowest BCUT2D eigenvalue weighted by atomic mass is 10.1. The van der Waals surface area contributed by atoms with Crippen molar-refractivity contribution in [3.8, 4) is 11.4 Å². The van der Waals surface area contributed by atoms with Gasteiger partial charge in [0.05, 0.1) is 5.75 Å². The molecule has 0 aliphatic heterocycles. The summed E-state index contributed by atoms with van der Waals surface area (Å²) in [5.41, 5.74) is 3.24. The van der Waals surface area contributed by atoms with Gasteiger partial charge in [0.15, 0.2) is 11.0 Å². The molecule has 0 fully saturated rings. The average molecular weight is 353 g/mol. The Hall–Kier alpha value is -2.67. The Bertz CT molecular complexity index is 863. The number of hydrogen-bond acceptors (Lipinski definition) is 5. The zero-order valence-corrected chi connectivity index (χ0v) is 15.0. The minimum absolute atomic E-state index is 0.0262. The van der Waals surface area contributed by atoms with Crippen molar-refractivity contribution in [1.82, 2.24) is 25.1 Å². The van der Waals surface area contributed by atoms with E-state index in [-0.39, 0.29) is 5.91 Å². The number of thioether (sulfide) groups is 1. The fourth-order valence-corrected chi connectivity index (χ4v) is 3.12. The summed E-state index contributed by atoms with van der Waals surface area (Å²) in [6.07, 6.45) is 3.44. The number of pyridine rings is 1. The smallest absolute Gasteiger partial charge is 0.230 e. The maximum atomic E-state index is 12.1. The third kappa shape index (κ3) is 4.24. The van der Waals surface area contributed by atoms with Crippen LogP contribution in [0.15, 0.2) is 53.9 Å². The van der Waals surface area contributed by atoms with Crippen LogP contribution in [0.5, 0.6) is 0 Å². The molecule has 7 heteroatoms. The molecule has 0 unspecified atom stereocenters. The number of nitrogens with zero attached hydrogens (tertiary/aromatic N) is 4. The normalized spacial score (nSPS) is 10.6. The molecule has 1 amide bonds. The van der Waals surface area contributed by atoms with Crippen LogP contribution in [0.4, 0.5) is 0 Å². The van der Waals surface area contributed by atoms with Crippen LogP contribution in [0.25, 0.3) is 11.4 Å². The van der Waals surface area contributed by atoms with Gasteiger partial charge in [0.25, 0.3) is 0 Å². The number of amides is 1. The van der Waals surface area contributed by atoms with Gasteiger partial charge in [0.1, 0.15) is 0 Å². The van der Waals surface area contributed by atoms with Crippen molar-refractivity contribution < 1.29 is 4.79 Å². The Morgan fingerprint density at radius 3 is 2.68 bits per heavy atom. The summed E-state index contributed by atoms with van der Waals surface area (Å²) in [6, 6.07) is 11.8. The topological polar surface area (TPSA) is 72.7 Å². The van der Waals surface area contributed by atoms with Gasteiger partial charge in [-0.3, -0.25) is 9.78 Å². The van der Waals surface area contributed by atoms with Crippen molar-refractivity contribution in [2.24, 2.45) is 7.05 Å². The average Bonchev–Trinajstić information content (AvgIpc) is 3.00. The molecule has 0 aliphatic rings. The van der Waals surface area contributed by atoms with E-state index in [2.05, 4.69) is 20.5 Å². The van der Waals surface area contributed by atoms with E-state index >= 15 is 0 Å². The van der Waals surface area contributed by atoms with Crippen LogP contribution < -0.4 is 5.32 Å². The van der Waals surface area contributed by atoms with Crippen LogP contribution in [-0.4, -0.2) is 31.4 Å². The van der Waals surface area contributed by atoms with Crippen LogP contribution in [0, 0.1) is 6.92 Å². The summed E-state index contributed by atoms with van der Waals surface area (Å²) in [5.74, 6) is 1.03. The van der Waals surface area contributed by atoms with Crippen LogP contribution in [0.3, 0.4) is 0 Å². The predicted molar refractivity (Wildman–Crippen MR) is 98.0 cm³/mol. The second-order valence-corrected chi connectivity index (χ2v) is 6.54. The summed E-state index contributed by atoms with van der Waals surface area (Å²) in [7, 11) is 1.89. The van der Waals surface area contributed by atoms with E-state index < -0.39 is 0 Å². The molecule has 2 aromatic heterocycles. The van der Waals surface area contributed by atoms with Crippen LogP contribution in [0.2, 0.25) is 0 Å². The Balaban J connectivity index is 1.56. The van der Waals surface area contributed by atoms with Gasteiger partial charge in [-0.25, -0.2) is 0 Å². The molecule has 3 rings (SSSR count). The first-order valence-electron chi connectivity index (χ1n) is 7.89. The highest BCUT2D eigenvalue weighted by Gasteiger charge is 2.12. The second-order valence-electron chi connectivity index (χ2n) is 5.59. The molecule has 0 aliphatic carbocycles. The second kappa shape index (κ2) is 7.94. The number of aryl methyl sites for hydroxylation is 1. The molecule has 2 heterocycles. The van der Waals surface area contributed by atoms with Crippen molar-refractivity contribution in [1.29, 1.82) is 0 Å². The fraction of sp³-hybridized carbons (Fsp3) is 0.222. The van der Waals surface area contributed by atoms with Gasteiger partial charge in [0.2, 0.25) is 5.91 Å². The molecule has 128 valence electrons. The van der Waals surface area contributed by atoms with E-state index in [1.165, 1.54) is 17.3 Å². The molecular weight excluding hydrogens is 334 g/mol.